The summed E-state index contributed by atoms with van der Waals surface area (Å²) in [6.07, 6.45) is 3.78. The first-order chi connectivity index (χ1) is 9.15. The average molecular weight is 295 g/mol. The van der Waals surface area contributed by atoms with Crippen LogP contribution in [0.15, 0.2) is 34.1 Å². The molecule has 1 aliphatic heterocycles. The Bertz CT molecular complexity index is 526. The lowest BCUT2D eigenvalue weighted by Crippen LogP contribution is -2.55. The predicted octanol–water partition coefficient (Wildman–Crippen LogP) is 1.69. The molecule has 0 spiro atoms. The number of hydrogen-bond acceptors (Lipinski definition) is 4. The molecule has 3 N–H and O–H groups in total. The van der Waals surface area contributed by atoms with Crippen molar-refractivity contribution in [2.75, 3.05) is 19.3 Å². The van der Waals surface area contributed by atoms with Gasteiger partial charge in [0.25, 0.3) is 11.1 Å². The minimum Gasteiger partial charge on any atom is -0.356 e. The molecule has 0 saturated carbocycles. The van der Waals surface area contributed by atoms with Crippen LogP contribution in [-0.2, 0) is 4.79 Å². The van der Waals surface area contributed by atoms with Crippen LogP contribution in [0.3, 0.4) is 0 Å². The van der Waals surface area contributed by atoms with E-state index in [4.69, 9.17) is 0 Å². The molecule has 100 valence electrons. The van der Waals surface area contributed by atoms with Gasteiger partial charge in [-0.2, -0.15) is 0 Å². The van der Waals surface area contributed by atoms with Gasteiger partial charge in [0.05, 0.1) is 18.0 Å². The van der Waals surface area contributed by atoms with Crippen LogP contribution in [0.4, 0.5) is 4.79 Å². The number of rotatable bonds is 4. The second-order valence-corrected chi connectivity index (χ2v) is 5.83. The number of benzene rings is 1. The molecule has 4 nitrogen and oxygen atoms in total. The van der Waals surface area contributed by atoms with Crippen molar-refractivity contribution in [1.82, 2.24) is 4.90 Å². The molecule has 1 aromatic carbocycles. The van der Waals surface area contributed by atoms with Gasteiger partial charge in [-0.25, -0.2) is 0 Å². The molecule has 0 aromatic heterocycles. The van der Waals surface area contributed by atoms with Gasteiger partial charge < -0.3 is 5.73 Å². The fraction of sp³-hybridized carbons (Fsp3) is 0.231. The van der Waals surface area contributed by atoms with Gasteiger partial charge in [-0.05, 0) is 41.8 Å². The van der Waals surface area contributed by atoms with Crippen LogP contribution in [0.5, 0.6) is 0 Å². The summed E-state index contributed by atoms with van der Waals surface area (Å²) < 4.78 is 0. The van der Waals surface area contributed by atoms with E-state index in [1.165, 1.54) is 9.80 Å². The fourth-order valence-corrected chi connectivity index (χ4v) is 2.98. The SMILES string of the molecule is CSc1ccc(/C=C2\SC(=O)N(CC[NH3+])C2=O)cc1. The number of carbonyl (C=O) groups is 2. The Morgan fingerprint density at radius 3 is 2.58 bits per heavy atom. The van der Waals surface area contributed by atoms with Gasteiger partial charge in [-0.1, -0.05) is 12.1 Å². The van der Waals surface area contributed by atoms with Crippen molar-refractivity contribution in [3.05, 3.63) is 34.7 Å². The molecule has 1 fully saturated rings. The molecule has 1 aromatic rings. The molecule has 6 heteroatoms. The Hall–Kier alpha value is -1.24. The molecule has 2 rings (SSSR count). The molecule has 1 heterocycles. The zero-order valence-corrected chi connectivity index (χ0v) is 12.2. The van der Waals surface area contributed by atoms with Gasteiger partial charge in [0, 0.05) is 4.90 Å². The number of thioether (sulfide) groups is 2. The molecule has 0 radical (unpaired) electrons. The van der Waals surface area contributed by atoms with Crippen LogP contribution in [0.2, 0.25) is 0 Å². The summed E-state index contributed by atoms with van der Waals surface area (Å²) >= 11 is 2.66. The standard InChI is InChI=1S/C13H14N2O2S2/c1-18-10-4-2-9(3-5-10)8-11-12(16)15(7-6-14)13(17)19-11/h2-5,8H,6-7,14H2,1H3/p+1/b11-8-. The van der Waals surface area contributed by atoms with E-state index in [9.17, 15) is 9.59 Å². The Morgan fingerprint density at radius 2 is 2.00 bits per heavy atom. The minimum absolute atomic E-state index is 0.208. The van der Waals surface area contributed by atoms with E-state index in [-0.39, 0.29) is 11.1 Å². The van der Waals surface area contributed by atoms with Crippen LogP contribution >= 0.6 is 23.5 Å². The highest BCUT2D eigenvalue weighted by atomic mass is 32.2. The predicted molar refractivity (Wildman–Crippen MR) is 78.7 cm³/mol. The largest absolute Gasteiger partial charge is 0.356 e. The third-order valence-corrected chi connectivity index (χ3v) is 4.32. The highest BCUT2D eigenvalue weighted by Crippen LogP contribution is 2.32. The lowest BCUT2D eigenvalue weighted by atomic mass is 10.2. The van der Waals surface area contributed by atoms with Crippen molar-refractivity contribution < 1.29 is 15.3 Å². The maximum absolute atomic E-state index is 12.0. The molecule has 0 aliphatic carbocycles. The van der Waals surface area contributed by atoms with E-state index in [0.29, 0.717) is 18.0 Å². The van der Waals surface area contributed by atoms with Gasteiger partial charge in [-0.3, -0.25) is 14.5 Å². The summed E-state index contributed by atoms with van der Waals surface area (Å²) in [6.45, 7) is 0.918. The Labute approximate surface area is 120 Å². The zero-order valence-electron chi connectivity index (χ0n) is 10.6. The first-order valence-corrected chi connectivity index (χ1v) is 7.88. The van der Waals surface area contributed by atoms with E-state index in [0.717, 1.165) is 17.3 Å². The fourth-order valence-electron chi connectivity index (χ4n) is 1.70. The van der Waals surface area contributed by atoms with Crippen molar-refractivity contribution >= 4 is 40.7 Å². The van der Waals surface area contributed by atoms with Crippen molar-refractivity contribution in [3.8, 4) is 0 Å². The van der Waals surface area contributed by atoms with Gasteiger partial charge in [0.15, 0.2) is 0 Å². The number of carbonyl (C=O) groups excluding carboxylic acids is 2. The van der Waals surface area contributed by atoms with Crippen molar-refractivity contribution in [1.29, 1.82) is 0 Å². The average Bonchev–Trinajstić information content (AvgIpc) is 2.68. The monoisotopic (exact) mass is 295 g/mol. The molecule has 0 atom stereocenters. The van der Waals surface area contributed by atoms with Crippen LogP contribution in [0, 0.1) is 0 Å². The van der Waals surface area contributed by atoms with E-state index >= 15 is 0 Å². The van der Waals surface area contributed by atoms with E-state index in [2.05, 4.69) is 5.73 Å². The summed E-state index contributed by atoms with van der Waals surface area (Å²) in [4.78, 5) is 26.6. The Morgan fingerprint density at radius 1 is 1.32 bits per heavy atom. The van der Waals surface area contributed by atoms with Crippen LogP contribution in [0.1, 0.15) is 5.56 Å². The third kappa shape index (κ3) is 3.20. The molecular weight excluding hydrogens is 280 g/mol. The molecular formula is C13H15N2O2S2+. The maximum atomic E-state index is 12.0. The quantitative estimate of drug-likeness (QED) is 0.678. The zero-order chi connectivity index (χ0) is 13.8. The molecule has 2 amide bonds. The number of quaternary nitrogens is 1. The number of imide groups is 1. The molecule has 1 aliphatic rings. The highest BCUT2D eigenvalue weighted by Gasteiger charge is 2.34. The van der Waals surface area contributed by atoms with Crippen LogP contribution in [0.25, 0.3) is 6.08 Å². The smallest absolute Gasteiger partial charge is 0.293 e. The summed E-state index contributed by atoms with van der Waals surface area (Å²) in [5.41, 5.74) is 4.60. The van der Waals surface area contributed by atoms with Crippen LogP contribution in [-0.4, -0.2) is 35.4 Å². The lowest BCUT2D eigenvalue weighted by molar-refractivity contribution is -0.367. The van der Waals surface area contributed by atoms with Gasteiger partial charge in [0.2, 0.25) is 0 Å². The first-order valence-electron chi connectivity index (χ1n) is 5.84. The van der Waals surface area contributed by atoms with Gasteiger partial charge in [-0.15, -0.1) is 11.8 Å². The van der Waals surface area contributed by atoms with Crippen molar-refractivity contribution in [2.24, 2.45) is 0 Å². The number of amides is 2. The summed E-state index contributed by atoms with van der Waals surface area (Å²) in [7, 11) is 0. The summed E-state index contributed by atoms with van der Waals surface area (Å²) in [6, 6.07) is 7.88. The normalized spacial score (nSPS) is 17.6. The van der Waals surface area contributed by atoms with Gasteiger partial charge >= 0.3 is 0 Å². The second kappa shape index (κ2) is 6.27. The maximum Gasteiger partial charge on any atom is 0.293 e. The van der Waals surface area contributed by atoms with E-state index in [1.54, 1.807) is 17.8 Å². The number of nitrogens with zero attached hydrogens (tertiary/aromatic N) is 1. The molecule has 0 unspecified atom stereocenters. The lowest BCUT2D eigenvalue weighted by Gasteiger charge is -2.08. The Kier molecular flexibility index (Phi) is 4.68. The molecule has 1 saturated heterocycles. The highest BCUT2D eigenvalue weighted by molar-refractivity contribution is 8.18. The van der Waals surface area contributed by atoms with Gasteiger partial charge in [0.1, 0.15) is 0 Å². The Balaban J connectivity index is 2.19. The van der Waals surface area contributed by atoms with Crippen molar-refractivity contribution in [2.45, 2.75) is 4.90 Å². The molecule has 0 bridgehead atoms. The number of hydrogen-bond donors (Lipinski definition) is 1. The third-order valence-electron chi connectivity index (χ3n) is 2.67. The second-order valence-electron chi connectivity index (χ2n) is 3.96. The summed E-state index contributed by atoms with van der Waals surface area (Å²) in [5.74, 6) is -0.215. The van der Waals surface area contributed by atoms with E-state index in [1.807, 2.05) is 30.5 Å². The summed E-state index contributed by atoms with van der Waals surface area (Å²) in [5, 5.41) is -0.208. The minimum atomic E-state index is -0.215. The van der Waals surface area contributed by atoms with E-state index < -0.39 is 0 Å². The topological polar surface area (TPSA) is 65.0 Å². The van der Waals surface area contributed by atoms with Crippen molar-refractivity contribution in [3.63, 3.8) is 0 Å². The first kappa shape index (κ1) is 14.2. The van der Waals surface area contributed by atoms with Crippen LogP contribution < -0.4 is 5.73 Å². The molecule has 19 heavy (non-hydrogen) atoms.